The number of hydrogen-bond donors (Lipinski definition) is 1. The Balaban J connectivity index is 1.76. The second-order valence-corrected chi connectivity index (χ2v) is 4.85. The smallest absolute Gasteiger partial charge is 0.181 e. The highest BCUT2D eigenvalue weighted by atomic mass is 15.5. The number of nitrogens with zero attached hydrogens (tertiary/aromatic N) is 5. The Hall–Kier alpha value is -2.63. The van der Waals surface area contributed by atoms with Crippen molar-refractivity contribution in [2.45, 2.75) is 20.0 Å². The zero-order valence-electron chi connectivity index (χ0n) is 12.2. The van der Waals surface area contributed by atoms with Crippen molar-refractivity contribution in [2.24, 2.45) is 7.05 Å². The number of hydrogen-bond acceptors (Lipinski definition) is 4. The standard InChI is InChI=1S/C15H18N6/c1-3-21-9-5-8-14(21)11-16-13-7-4-6-12(10-13)15-17-18-19-20(15)2/h4-10,16H,3,11H2,1-2H3. The summed E-state index contributed by atoms with van der Waals surface area (Å²) in [4.78, 5) is 0. The van der Waals surface area contributed by atoms with Crippen molar-refractivity contribution >= 4 is 5.69 Å². The fraction of sp³-hybridized carbons (Fsp3) is 0.267. The van der Waals surface area contributed by atoms with Crippen molar-refractivity contribution < 1.29 is 0 Å². The minimum Gasteiger partial charge on any atom is -0.379 e. The van der Waals surface area contributed by atoms with E-state index in [0.717, 1.165) is 30.2 Å². The van der Waals surface area contributed by atoms with Crippen LogP contribution in [0.1, 0.15) is 12.6 Å². The van der Waals surface area contributed by atoms with Crippen molar-refractivity contribution in [2.75, 3.05) is 5.32 Å². The number of anilines is 1. The molecule has 0 saturated heterocycles. The highest BCUT2D eigenvalue weighted by Gasteiger charge is 2.06. The lowest BCUT2D eigenvalue weighted by Crippen LogP contribution is -2.06. The molecule has 0 spiro atoms. The van der Waals surface area contributed by atoms with Crippen LogP contribution in [0.4, 0.5) is 5.69 Å². The van der Waals surface area contributed by atoms with E-state index in [4.69, 9.17) is 0 Å². The van der Waals surface area contributed by atoms with E-state index in [-0.39, 0.29) is 0 Å². The molecule has 108 valence electrons. The topological polar surface area (TPSA) is 60.6 Å². The van der Waals surface area contributed by atoms with Crippen LogP contribution in [0.3, 0.4) is 0 Å². The van der Waals surface area contributed by atoms with E-state index in [1.54, 1.807) is 4.68 Å². The van der Waals surface area contributed by atoms with Gasteiger partial charge in [-0.05, 0) is 41.6 Å². The molecule has 0 aliphatic carbocycles. The maximum atomic E-state index is 4.03. The molecular formula is C15H18N6. The zero-order valence-corrected chi connectivity index (χ0v) is 12.2. The fourth-order valence-corrected chi connectivity index (χ4v) is 2.35. The highest BCUT2D eigenvalue weighted by molar-refractivity contribution is 5.62. The van der Waals surface area contributed by atoms with Crippen molar-refractivity contribution in [1.82, 2.24) is 24.8 Å². The summed E-state index contributed by atoms with van der Waals surface area (Å²) in [6.45, 7) is 3.92. The third-order valence-electron chi connectivity index (χ3n) is 3.48. The first-order valence-electron chi connectivity index (χ1n) is 6.98. The third kappa shape index (κ3) is 2.79. The van der Waals surface area contributed by atoms with Gasteiger partial charge in [-0.1, -0.05) is 12.1 Å². The van der Waals surface area contributed by atoms with Crippen LogP contribution in [0, 0.1) is 0 Å². The lowest BCUT2D eigenvalue weighted by atomic mass is 10.2. The van der Waals surface area contributed by atoms with Gasteiger partial charge in [-0.15, -0.1) is 5.10 Å². The summed E-state index contributed by atoms with van der Waals surface area (Å²) in [6, 6.07) is 12.3. The van der Waals surface area contributed by atoms with E-state index in [2.05, 4.69) is 56.7 Å². The fourth-order valence-electron chi connectivity index (χ4n) is 2.35. The minimum absolute atomic E-state index is 0.760. The second kappa shape index (κ2) is 5.78. The van der Waals surface area contributed by atoms with E-state index in [1.165, 1.54) is 5.69 Å². The van der Waals surface area contributed by atoms with Crippen LogP contribution < -0.4 is 5.32 Å². The number of benzene rings is 1. The summed E-state index contributed by atoms with van der Waals surface area (Å²) in [5.41, 5.74) is 3.32. The molecule has 2 aromatic heterocycles. The predicted molar refractivity (Wildman–Crippen MR) is 81.7 cm³/mol. The largest absolute Gasteiger partial charge is 0.379 e. The molecular weight excluding hydrogens is 264 g/mol. The van der Waals surface area contributed by atoms with Crippen LogP contribution in [0.15, 0.2) is 42.6 Å². The maximum Gasteiger partial charge on any atom is 0.181 e. The van der Waals surface area contributed by atoms with Gasteiger partial charge in [-0.25, -0.2) is 4.68 Å². The van der Waals surface area contributed by atoms with Crippen molar-refractivity contribution in [1.29, 1.82) is 0 Å². The molecule has 0 radical (unpaired) electrons. The molecule has 2 heterocycles. The molecule has 0 saturated carbocycles. The number of aromatic nitrogens is 5. The normalized spacial score (nSPS) is 10.8. The molecule has 0 aliphatic rings. The molecule has 3 aromatic rings. The van der Waals surface area contributed by atoms with Gasteiger partial charge in [0.05, 0.1) is 6.54 Å². The number of rotatable bonds is 5. The van der Waals surface area contributed by atoms with Crippen LogP contribution in [0.2, 0.25) is 0 Å². The van der Waals surface area contributed by atoms with Gasteiger partial charge in [0.15, 0.2) is 5.82 Å². The molecule has 0 aliphatic heterocycles. The first-order valence-corrected chi connectivity index (χ1v) is 6.98. The lowest BCUT2D eigenvalue weighted by molar-refractivity contribution is 0.714. The first-order chi connectivity index (χ1) is 10.3. The van der Waals surface area contributed by atoms with Crippen molar-refractivity contribution in [3.63, 3.8) is 0 Å². The van der Waals surface area contributed by atoms with E-state index in [0.29, 0.717) is 0 Å². The molecule has 0 fully saturated rings. The van der Waals surface area contributed by atoms with Crippen LogP contribution in [-0.4, -0.2) is 24.8 Å². The monoisotopic (exact) mass is 282 g/mol. The van der Waals surface area contributed by atoms with Gasteiger partial charge in [-0.2, -0.15) is 0 Å². The van der Waals surface area contributed by atoms with Gasteiger partial charge in [0, 0.05) is 36.7 Å². The molecule has 3 rings (SSSR count). The van der Waals surface area contributed by atoms with E-state index in [1.807, 2.05) is 25.2 Å². The Labute approximate surface area is 123 Å². The summed E-state index contributed by atoms with van der Waals surface area (Å²) < 4.78 is 3.89. The van der Waals surface area contributed by atoms with E-state index < -0.39 is 0 Å². The summed E-state index contributed by atoms with van der Waals surface area (Å²) in [6.07, 6.45) is 2.10. The Morgan fingerprint density at radius 2 is 2.10 bits per heavy atom. The summed E-state index contributed by atoms with van der Waals surface area (Å²) in [5.74, 6) is 0.760. The second-order valence-electron chi connectivity index (χ2n) is 4.85. The SMILES string of the molecule is CCn1cccc1CNc1cccc(-c2nnnn2C)c1. The molecule has 21 heavy (non-hydrogen) atoms. The molecule has 0 unspecified atom stereocenters. The number of nitrogens with one attached hydrogen (secondary N) is 1. The van der Waals surface area contributed by atoms with Gasteiger partial charge >= 0.3 is 0 Å². The van der Waals surface area contributed by atoms with Gasteiger partial charge in [0.2, 0.25) is 0 Å². The molecule has 1 N–H and O–H groups in total. The van der Waals surface area contributed by atoms with Gasteiger partial charge in [-0.3, -0.25) is 0 Å². The van der Waals surface area contributed by atoms with E-state index >= 15 is 0 Å². The number of aryl methyl sites for hydroxylation is 2. The van der Waals surface area contributed by atoms with Crippen LogP contribution >= 0.6 is 0 Å². The molecule has 1 aromatic carbocycles. The van der Waals surface area contributed by atoms with Gasteiger partial charge in [0.25, 0.3) is 0 Å². The minimum atomic E-state index is 0.760. The maximum absolute atomic E-state index is 4.03. The molecule has 0 atom stereocenters. The van der Waals surface area contributed by atoms with Crippen molar-refractivity contribution in [3.8, 4) is 11.4 Å². The van der Waals surface area contributed by atoms with Crippen molar-refractivity contribution in [3.05, 3.63) is 48.3 Å². The molecule has 6 nitrogen and oxygen atoms in total. The Morgan fingerprint density at radius 1 is 1.19 bits per heavy atom. The lowest BCUT2D eigenvalue weighted by Gasteiger charge is -2.10. The summed E-state index contributed by atoms with van der Waals surface area (Å²) >= 11 is 0. The average Bonchev–Trinajstić information content (AvgIpc) is 3.13. The van der Waals surface area contributed by atoms with Crippen LogP contribution in [0.5, 0.6) is 0 Å². The Bertz CT molecular complexity index is 727. The molecule has 6 heteroatoms. The Morgan fingerprint density at radius 3 is 2.86 bits per heavy atom. The predicted octanol–water partition coefficient (Wildman–Crippen LogP) is 2.31. The van der Waals surface area contributed by atoms with Crippen LogP contribution in [-0.2, 0) is 20.1 Å². The van der Waals surface area contributed by atoms with Gasteiger partial charge in [0.1, 0.15) is 0 Å². The summed E-state index contributed by atoms with van der Waals surface area (Å²) in [5, 5.41) is 15.0. The third-order valence-corrected chi connectivity index (χ3v) is 3.48. The number of tetrazole rings is 1. The first kappa shape index (κ1) is 13.4. The quantitative estimate of drug-likeness (QED) is 0.780. The Kier molecular flexibility index (Phi) is 3.68. The summed E-state index contributed by atoms with van der Waals surface area (Å²) in [7, 11) is 1.84. The molecule has 0 bridgehead atoms. The van der Waals surface area contributed by atoms with Gasteiger partial charge < -0.3 is 9.88 Å². The van der Waals surface area contributed by atoms with E-state index in [9.17, 15) is 0 Å². The zero-order chi connectivity index (χ0) is 14.7. The average molecular weight is 282 g/mol. The highest BCUT2D eigenvalue weighted by Crippen LogP contribution is 2.20. The van der Waals surface area contributed by atoms with Crippen LogP contribution in [0.25, 0.3) is 11.4 Å². The molecule has 0 amide bonds.